The second-order valence-corrected chi connectivity index (χ2v) is 4.07. The van der Waals surface area contributed by atoms with Gasteiger partial charge in [-0.05, 0) is 28.9 Å². The van der Waals surface area contributed by atoms with Crippen molar-refractivity contribution >= 4 is 21.6 Å². The van der Waals surface area contributed by atoms with Crippen molar-refractivity contribution in [3.05, 3.63) is 28.9 Å². The van der Waals surface area contributed by atoms with Crippen LogP contribution in [0.25, 0.3) is 5.65 Å². The lowest BCUT2D eigenvalue weighted by molar-refractivity contribution is 0.164. The number of fused-ring (bicyclic) bond motifs is 1. The molecule has 1 atom stereocenters. The predicted octanol–water partition coefficient (Wildman–Crippen LogP) is 0.874. The third kappa shape index (κ3) is 1.88. The fourth-order valence-corrected chi connectivity index (χ4v) is 1.86. The van der Waals surface area contributed by atoms with Crippen molar-refractivity contribution in [3.8, 4) is 0 Å². The number of nitrogens with zero attached hydrogens (tertiary/aromatic N) is 3. The zero-order valence-corrected chi connectivity index (χ0v) is 9.55. The quantitative estimate of drug-likeness (QED) is 0.868. The van der Waals surface area contributed by atoms with Crippen molar-refractivity contribution in [2.45, 2.75) is 12.5 Å². The summed E-state index contributed by atoms with van der Waals surface area (Å²) in [6, 6.07) is 0. The Labute approximate surface area is 95.1 Å². The maximum atomic E-state index is 9.81. The van der Waals surface area contributed by atoms with E-state index in [1.165, 1.54) is 0 Å². The molecule has 2 aromatic heterocycles. The third-order valence-corrected chi connectivity index (χ3v) is 2.75. The lowest BCUT2D eigenvalue weighted by Crippen LogP contribution is -2.08. The van der Waals surface area contributed by atoms with Crippen LogP contribution in [-0.4, -0.2) is 26.0 Å². The number of aliphatic hydroxyl groups excluding tert-OH is 1. The maximum Gasteiger partial charge on any atom is 0.154 e. The number of aromatic nitrogens is 3. The Morgan fingerprint density at radius 3 is 3.07 bits per heavy atom. The lowest BCUT2D eigenvalue weighted by atomic mass is 10.2. The van der Waals surface area contributed by atoms with Gasteiger partial charge in [0.1, 0.15) is 6.33 Å². The first-order chi connectivity index (χ1) is 7.24. The van der Waals surface area contributed by atoms with Crippen LogP contribution in [-0.2, 0) is 0 Å². The minimum Gasteiger partial charge on any atom is -0.387 e. The van der Waals surface area contributed by atoms with Gasteiger partial charge in [0, 0.05) is 6.20 Å². The van der Waals surface area contributed by atoms with E-state index in [-0.39, 0.29) is 0 Å². The van der Waals surface area contributed by atoms with Gasteiger partial charge in [0.25, 0.3) is 0 Å². The van der Waals surface area contributed by atoms with E-state index in [0.717, 1.165) is 10.1 Å². The van der Waals surface area contributed by atoms with Gasteiger partial charge in [0.05, 0.1) is 22.5 Å². The molecule has 3 N–H and O–H groups in total. The molecule has 0 bridgehead atoms. The van der Waals surface area contributed by atoms with Crippen LogP contribution in [0.15, 0.2) is 23.2 Å². The van der Waals surface area contributed by atoms with Crippen LogP contribution in [0.2, 0.25) is 0 Å². The van der Waals surface area contributed by atoms with Crippen LogP contribution in [0.1, 0.15) is 18.2 Å². The molecule has 0 saturated heterocycles. The van der Waals surface area contributed by atoms with E-state index in [2.05, 4.69) is 25.9 Å². The summed E-state index contributed by atoms with van der Waals surface area (Å²) in [4.78, 5) is 8.22. The van der Waals surface area contributed by atoms with Crippen LogP contribution < -0.4 is 5.73 Å². The highest BCUT2D eigenvalue weighted by molar-refractivity contribution is 9.10. The van der Waals surface area contributed by atoms with Gasteiger partial charge in [-0.2, -0.15) is 0 Å². The van der Waals surface area contributed by atoms with Gasteiger partial charge in [-0.15, -0.1) is 0 Å². The van der Waals surface area contributed by atoms with Gasteiger partial charge in [0.15, 0.2) is 5.65 Å². The monoisotopic (exact) mass is 270 g/mol. The Morgan fingerprint density at radius 2 is 2.33 bits per heavy atom. The number of rotatable bonds is 3. The SMILES string of the molecule is NCCC(O)c1cnc2c(Br)cncn12. The average molecular weight is 271 g/mol. The minimum atomic E-state index is -0.596. The van der Waals surface area contributed by atoms with Gasteiger partial charge in [-0.1, -0.05) is 0 Å². The van der Waals surface area contributed by atoms with Crippen molar-refractivity contribution < 1.29 is 5.11 Å². The fourth-order valence-electron chi connectivity index (χ4n) is 1.45. The molecular weight excluding hydrogens is 260 g/mol. The second-order valence-electron chi connectivity index (χ2n) is 3.21. The molecule has 0 amide bonds. The number of imidazole rings is 1. The van der Waals surface area contributed by atoms with Crippen LogP contribution in [0.4, 0.5) is 0 Å². The van der Waals surface area contributed by atoms with Crippen molar-refractivity contribution in [3.63, 3.8) is 0 Å². The van der Waals surface area contributed by atoms with Crippen molar-refractivity contribution in [1.82, 2.24) is 14.4 Å². The Kier molecular flexibility index (Phi) is 2.99. The van der Waals surface area contributed by atoms with Gasteiger partial charge in [0.2, 0.25) is 0 Å². The normalized spacial score (nSPS) is 13.3. The molecule has 80 valence electrons. The highest BCUT2D eigenvalue weighted by Crippen LogP contribution is 2.21. The molecule has 6 heteroatoms. The van der Waals surface area contributed by atoms with E-state index in [1.54, 1.807) is 23.1 Å². The average Bonchev–Trinajstić information content (AvgIpc) is 2.63. The number of hydrogen-bond acceptors (Lipinski definition) is 4. The number of hydrogen-bond donors (Lipinski definition) is 2. The first-order valence-electron chi connectivity index (χ1n) is 4.58. The van der Waals surface area contributed by atoms with E-state index in [0.29, 0.717) is 18.7 Å². The molecular formula is C9H11BrN4O. The largest absolute Gasteiger partial charge is 0.387 e. The number of nitrogens with two attached hydrogens (primary N) is 1. The maximum absolute atomic E-state index is 9.81. The van der Waals surface area contributed by atoms with Gasteiger partial charge in [-0.25, -0.2) is 9.97 Å². The van der Waals surface area contributed by atoms with E-state index in [4.69, 9.17) is 5.73 Å². The van der Waals surface area contributed by atoms with Crippen molar-refractivity contribution in [2.75, 3.05) is 6.54 Å². The summed E-state index contributed by atoms with van der Waals surface area (Å²) in [5, 5.41) is 9.81. The first kappa shape index (κ1) is 10.5. The van der Waals surface area contributed by atoms with E-state index < -0.39 is 6.10 Å². The molecule has 2 aromatic rings. The number of halogens is 1. The Hall–Kier alpha value is -0.980. The highest BCUT2D eigenvalue weighted by Gasteiger charge is 2.13. The van der Waals surface area contributed by atoms with E-state index in [9.17, 15) is 5.11 Å². The Balaban J connectivity index is 2.49. The van der Waals surface area contributed by atoms with Gasteiger partial charge >= 0.3 is 0 Å². The lowest BCUT2D eigenvalue weighted by Gasteiger charge is -2.08. The highest BCUT2D eigenvalue weighted by atomic mass is 79.9. The fraction of sp³-hybridized carbons (Fsp3) is 0.333. The molecule has 15 heavy (non-hydrogen) atoms. The summed E-state index contributed by atoms with van der Waals surface area (Å²) in [6.07, 6.45) is 4.85. The molecule has 0 radical (unpaired) electrons. The summed E-state index contributed by atoms with van der Waals surface area (Å²) < 4.78 is 2.56. The molecule has 0 fully saturated rings. The van der Waals surface area contributed by atoms with Gasteiger partial charge < -0.3 is 10.8 Å². The summed E-state index contributed by atoms with van der Waals surface area (Å²) in [5.74, 6) is 0. The molecule has 0 aromatic carbocycles. The summed E-state index contributed by atoms with van der Waals surface area (Å²) >= 11 is 3.35. The third-order valence-electron chi connectivity index (χ3n) is 2.19. The molecule has 0 aliphatic heterocycles. The number of aliphatic hydroxyl groups is 1. The van der Waals surface area contributed by atoms with Crippen molar-refractivity contribution in [2.24, 2.45) is 5.73 Å². The molecule has 0 aliphatic carbocycles. The summed E-state index contributed by atoms with van der Waals surface area (Å²) in [5.41, 5.74) is 6.85. The van der Waals surface area contributed by atoms with E-state index in [1.807, 2.05) is 0 Å². The Bertz CT molecular complexity index is 470. The standard InChI is InChI=1S/C9H11BrN4O/c10-6-3-12-5-14-7(4-13-9(6)14)8(15)1-2-11/h3-5,8,15H,1-2,11H2. The first-order valence-corrected chi connectivity index (χ1v) is 5.38. The Morgan fingerprint density at radius 1 is 1.53 bits per heavy atom. The molecule has 0 aliphatic rings. The van der Waals surface area contributed by atoms with Crippen LogP contribution in [0, 0.1) is 0 Å². The van der Waals surface area contributed by atoms with E-state index >= 15 is 0 Å². The molecule has 0 spiro atoms. The molecule has 2 rings (SSSR count). The zero-order chi connectivity index (χ0) is 10.8. The molecule has 5 nitrogen and oxygen atoms in total. The zero-order valence-electron chi connectivity index (χ0n) is 7.97. The molecule has 0 saturated carbocycles. The minimum absolute atomic E-state index is 0.440. The second kappa shape index (κ2) is 4.26. The van der Waals surface area contributed by atoms with Crippen molar-refractivity contribution in [1.29, 1.82) is 0 Å². The van der Waals surface area contributed by atoms with Crippen LogP contribution in [0.5, 0.6) is 0 Å². The van der Waals surface area contributed by atoms with Gasteiger partial charge in [-0.3, -0.25) is 4.40 Å². The molecule has 1 unspecified atom stereocenters. The van der Waals surface area contributed by atoms with Crippen LogP contribution >= 0.6 is 15.9 Å². The summed E-state index contributed by atoms with van der Waals surface area (Å²) in [7, 11) is 0. The predicted molar refractivity (Wildman–Crippen MR) is 59.3 cm³/mol. The van der Waals surface area contributed by atoms with Crippen LogP contribution in [0.3, 0.4) is 0 Å². The summed E-state index contributed by atoms with van der Waals surface area (Å²) in [6.45, 7) is 0.440. The topological polar surface area (TPSA) is 76.4 Å². The molecule has 2 heterocycles. The smallest absolute Gasteiger partial charge is 0.154 e.